The largest absolute Gasteiger partial charge is 0.377 e. The van der Waals surface area contributed by atoms with E-state index < -0.39 is 0 Å². The Kier molecular flexibility index (Phi) is 5.27. The number of hydrogen-bond donors (Lipinski definition) is 1. The van der Waals surface area contributed by atoms with E-state index in [1.165, 1.54) is 18.4 Å². The van der Waals surface area contributed by atoms with E-state index in [-0.39, 0.29) is 0 Å². The molecule has 2 heteroatoms. The predicted molar refractivity (Wildman–Crippen MR) is 71.9 cm³/mol. The Bertz CT molecular complexity index is 328. The summed E-state index contributed by atoms with van der Waals surface area (Å²) >= 11 is 0. The zero-order valence-corrected chi connectivity index (χ0v) is 10.3. The summed E-state index contributed by atoms with van der Waals surface area (Å²) in [6, 6.07) is 10.3. The summed E-state index contributed by atoms with van der Waals surface area (Å²) in [7, 11) is 0. The normalized spacial score (nSPS) is 17.6. The van der Waals surface area contributed by atoms with Gasteiger partial charge in [0.2, 0.25) is 0 Å². The predicted octanol–water partition coefficient (Wildman–Crippen LogP) is 2.72. The standard InChI is InChI=1S/C15H21NO/c1-2-5-14(6-3-1)7-4-12-17-13-15-8-10-16-11-9-15/h1-7,15-16H,8-13H2. The smallest absolute Gasteiger partial charge is 0.0650 e. The Hall–Kier alpha value is -1.12. The molecule has 1 aliphatic heterocycles. The van der Waals surface area contributed by atoms with E-state index in [0.717, 1.165) is 32.2 Å². The maximum atomic E-state index is 5.68. The topological polar surface area (TPSA) is 21.3 Å². The number of nitrogens with one attached hydrogen (secondary N) is 1. The van der Waals surface area contributed by atoms with Crippen LogP contribution in [0, 0.1) is 5.92 Å². The van der Waals surface area contributed by atoms with E-state index in [4.69, 9.17) is 4.74 Å². The molecule has 0 unspecified atom stereocenters. The van der Waals surface area contributed by atoms with E-state index >= 15 is 0 Å². The molecule has 1 heterocycles. The van der Waals surface area contributed by atoms with Crippen molar-refractivity contribution in [1.82, 2.24) is 5.32 Å². The lowest BCUT2D eigenvalue weighted by molar-refractivity contribution is 0.109. The van der Waals surface area contributed by atoms with Gasteiger partial charge in [0.25, 0.3) is 0 Å². The zero-order valence-electron chi connectivity index (χ0n) is 10.3. The fourth-order valence-corrected chi connectivity index (χ4v) is 2.10. The van der Waals surface area contributed by atoms with Gasteiger partial charge in [-0.15, -0.1) is 0 Å². The van der Waals surface area contributed by atoms with Crippen LogP contribution in [0.1, 0.15) is 18.4 Å². The lowest BCUT2D eigenvalue weighted by Gasteiger charge is -2.21. The SMILES string of the molecule is C(=Cc1ccccc1)COCC1CCNCC1. The second-order valence-electron chi connectivity index (χ2n) is 4.54. The molecule has 0 aromatic heterocycles. The van der Waals surface area contributed by atoms with Gasteiger partial charge in [-0.1, -0.05) is 42.5 Å². The quantitative estimate of drug-likeness (QED) is 0.787. The average Bonchev–Trinajstić information content (AvgIpc) is 2.41. The van der Waals surface area contributed by atoms with Crippen molar-refractivity contribution >= 4 is 6.08 Å². The molecule has 2 rings (SSSR count). The van der Waals surface area contributed by atoms with Crippen LogP contribution in [0.5, 0.6) is 0 Å². The fraction of sp³-hybridized carbons (Fsp3) is 0.467. The summed E-state index contributed by atoms with van der Waals surface area (Å²) in [6.45, 7) is 3.92. The highest BCUT2D eigenvalue weighted by molar-refractivity contribution is 5.48. The molecule has 1 aromatic carbocycles. The third-order valence-corrected chi connectivity index (χ3v) is 3.14. The number of hydrogen-bond acceptors (Lipinski definition) is 2. The third-order valence-electron chi connectivity index (χ3n) is 3.14. The molecule has 2 nitrogen and oxygen atoms in total. The van der Waals surface area contributed by atoms with E-state index in [9.17, 15) is 0 Å². The lowest BCUT2D eigenvalue weighted by Crippen LogP contribution is -2.29. The summed E-state index contributed by atoms with van der Waals surface area (Å²) in [5.41, 5.74) is 1.23. The van der Waals surface area contributed by atoms with Gasteiger partial charge in [-0.3, -0.25) is 0 Å². The molecule has 0 saturated carbocycles. The van der Waals surface area contributed by atoms with Crippen molar-refractivity contribution in [3.63, 3.8) is 0 Å². The second-order valence-corrected chi connectivity index (χ2v) is 4.54. The van der Waals surface area contributed by atoms with Crippen LogP contribution in [0.15, 0.2) is 36.4 Å². The van der Waals surface area contributed by atoms with Crippen LogP contribution in [0.25, 0.3) is 6.08 Å². The molecular weight excluding hydrogens is 210 g/mol. The van der Waals surface area contributed by atoms with Crippen molar-refractivity contribution in [1.29, 1.82) is 0 Å². The van der Waals surface area contributed by atoms with Crippen molar-refractivity contribution in [2.75, 3.05) is 26.3 Å². The lowest BCUT2D eigenvalue weighted by atomic mass is 9.99. The minimum atomic E-state index is 0.721. The first-order chi connectivity index (χ1) is 8.45. The van der Waals surface area contributed by atoms with Gasteiger partial charge in [-0.05, 0) is 37.4 Å². The fourth-order valence-electron chi connectivity index (χ4n) is 2.10. The van der Waals surface area contributed by atoms with Crippen molar-refractivity contribution in [2.45, 2.75) is 12.8 Å². The zero-order chi connectivity index (χ0) is 11.8. The summed E-state index contributed by atoms with van der Waals surface area (Å²) in [4.78, 5) is 0. The summed E-state index contributed by atoms with van der Waals surface area (Å²) < 4.78 is 5.68. The Balaban J connectivity index is 1.61. The molecule has 0 radical (unpaired) electrons. The average molecular weight is 231 g/mol. The Labute approximate surface area is 104 Å². The number of ether oxygens (including phenoxy) is 1. The molecular formula is C15H21NO. The highest BCUT2D eigenvalue weighted by atomic mass is 16.5. The summed E-state index contributed by atoms with van der Waals surface area (Å²) in [5, 5.41) is 3.37. The van der Waals surface area contributed by atoms with Gasteiger partial charge in [0.05, 0.1) is 6.61 Å². The first-order valence-corrected chi connectivity index (χ1v) is 6.45. The Morgan fingerprint density at radius 1 is 1.18 bits per heavy atom. The van der Waals surface area contributed by atoms with Crippen LogP contribution in [0.3, 0.4) is 0 Å². The molecule has 92 valence electrons. The number of piperidine rings is 1. The van der Waals surface area contributed by atoms with Gasteiger partial charge in [0, 0.05) is 6.61 Å². The van der Waals surface area contributed by atoms with Gasteiger partial charge in [0.1, 0.15) is 0 Å². The summed E-state index contributed by atoms with van der Waals surface area (Å²) in [6.07, 6.45) is 6.71. The molecule has 0 aliphatic carbocycles. The van der Waals surface area contributed by atoms with Crippen LogP contribution in [-0.2, 0) is 4.74 Å². The van der Waals surface area contributed by atoms with Crippen molar-refractivity contribution in [2.24, 2.45) is 5.92 Å². The molecule has 0 bridgehead atoms. The molecule has 1 saturated heterocycles. The van der Waals surface area contributed by atoms with Gasteiger partial charge in [0.15, 0.2) is 0 Å². The van der Waals surface area contributed by atoms with Crippen molar-refractivity contribution in [3.05, 3.63) is 42.0 Å². The number of benzene rings is 1. The molecule has 1 aliphatic rings. The minimum absolute atomic E-state index is 0.721. The van der Waals surface area contributed by atoms with Crippen molar-refractivity contribution in [3.8, 4) is 0 Å². The maximum absolute atomic E-state index is 5.68. The molecule has 0 amide bonds. The van der Waals surface area contributed by atoms with Crippen LogP contribution in [0.2, 0.25) is 0 Å². The first kappa shape index (κ1) is 12.3. The molecule has 17 heavy (non-hydrogen) atoms. The van der Waals surface area contributed by atoms with Gasteiger partial charge in [-0.25, -0.2) is 0 Å². The first-order valence-electron chi connectivity index (χ1n) is 6.45. The van der Waals surface area contributed by atoms with Crippen LogP contribution in [-0.4, -0.2) is 26.3 Å². The third kappa shape index (κ3) is 4.72. The van der Waals surface area contributed by atoms with E-state index in [2.05, 4.69) is 41.7 Å². The molecule has 1 fully saturated rings. The van der Waals surface area contributed by atoms with E-state index in [1.54, 1.807) is 0 Å². The summed E-state index contributed by atoms with van der Waals surface area (Å²) in [5.74, 6) is 0.751. The van der Waals surface area contributed by atoms with Crippen LogP contribution >= 0.6 is 0 Å². The molecule has 0 spiro atoms. The Morgan fingerprint density at radius 2 is 1.94 bits per heavy atom. The van der Waals surface area contributed by atoms with Crippen molar-refractivity contribution < 1.29 is 4.74 Å². The Morgan fingerprint density at radius 3 is 2.71 bits per heavy atom. The monoisotopic (exact) mass is 231 g/mol. The molecule has 1 N–H and O–H groups in total. The van der Waals surface area contributed by atoms with E-state index in [0.29, 0.717) is 0 Å². The maximum Gasteiger partial charge on any atom is 0.0650 e. The highest BCUT2D eigenvalue weighted by Crippen LogP contribution is 2.11. The minimum Gasteiger partial charge on any atom is -0.377 e. The molecule has 1 aromatic rings. The van der Waals surface area contributed by atoms with Gasteiger partial charge < -0.3 is 10.1 Å². The van der Waals surface area contributed by atoms with Crippen LogP contribution < -0.4 is 5.32 Å². The van der Waals surface area contributed by atoms with Gasteiger partial charge >= 0.3 is 0 Å². The van der Waals surface area contributed by atoms with Crippen LogP contribution in [0.4, 0.5) is 0 Å². The molecule has 0 atom stereocenters. The van der Waals surface area contributed by atoms with E-state index in [1.807, 2.05) is 6.07 Å². The highest BCUT2D eigenvalue weighted by Gasteiger charge is 2.11. The second kappa shape index (κ2) is 7.25. The number of rotatable bonds is 5. The van der Waals surface area contributed by atoms with Gasteiger partial charge in [-0.2, -0.15) is 0 Å².